The molecule has 0 spiro atoms. The first kappa shape index (κ1) is 13.1. The molecule has 92 valence electrons. The zero-order valence-electron chi connectivity index (χ0n) is 9.46. The van der Waals surface area contributed by atoms with Gasteiger partial charge in [-0.05, 0) is 25.5 Å². The number of rotatable bonds is 5. The molecule has 0 bridgehead atoms. The van der Waals surface area contributed by atoms with Crippen LogP contribution < -0.4 is 10.5 Å². The third-order valence-electron chi connectivity index (χ3n) is 2.08. The summed E-state index contributed by atoms with van der Waals surface area (Å²) in [6, 6.07) is 5.30. The standard InChI is InChI=1S/C11H14N2O4/c1-8(12)2-7-11(14)17-10-5-3-9(4-6-10)13(15)16/h3-6,8H,2,7,12H2,1H3. The lowest BCUT2D eigenvalue weighted by molar-refractivity contribution is -0.384. The summed E-state index contributed by atoms with van der Waals surface area (Å²) < 4.78 is 4.98. The second kappa shape index (κ2) is 5.95. The van der Waals surface area contributed by atoms with Crippen LogP contribution in [0.2, 0.25) is 0 Å². The van der Waals surface area contributed by atoms with Crippen molar-refractivity contribution in [2.45, 2.75) is 25.8 Å². The van der Waals surface area contributed by atoms with E-state index in [1.165, 1.54) is 24.3 Å². The number of carbonyl (C=O) groups is 1. The quantitative estimate of drug-likeness (QED) is 0.364. The summed E-state index contributed by atoms with van der Waals surface area (Å²) in [5.41, 5.74) is 5.46. The number of ether oxygens (including phenoxy) is 1. The summed E-state index contributed by atoms with van der Waals surface area (Å²) >= 11 is 0. The predicted molar refractivity (Wildman–Crippen MR) is 61.6 cm³/mol. The lowest BCUT2D eigenvalue weighted by Crippen LogP contribution is -2.18. The van der Waals surface area contributed by atoms with E-state index in [9.17, 15) is 14.9 Å². The zero-order chi connectivity index (χ0) is 12.8. The first-order valence-electron chi connectivity index (χ1n) is 5.19. The fourth-order valence-electron chi connectivity index (χ4n) is 1.16. The van der Waals surface area contributed by atoms with E-state index in [-0.39, 0.29) is 18.2 Å². The Kier molecular flexibility index (Phi) is 4.59. The summed E-state index contributed by atoms with van der Waals surface area (Å²) in [5, 5.41) is 10.4. The van der Waals surface area contributed by atoms with Crippen LogP contribution in [-0.4, -0.2) is 16.9 Å². The van der Waals surface area contributed by atoms with Gasteiger partial charge in [0.15, 0.2) is 0 Å². The number of non-ortho nitro benzene ring substituents is 1. The van der Waals surface area contributed by atoms with Gasteiger partial charge in [-0.2, -0.15) is 0 Å². The van der Waals surface area contributed by atoms with Crippen molar-refractivity contribution in [3.63, 3.8) is 0 Å². The lowest BCUT2D eigenvalue weighted by atomic mass is 10.2. The van der Waals surface area contributed by atoms with Crippen molar-refractivity contribution >= 4 is 11.7 Å². The minimum absolute atomic E-state index is 0.0413. The molecule has 6 nitrogen and oxygen atoms in total. The van der Waals surface area contributed by atoms with Gasteiger partial charge in [-0.3, -0.25) is 14.9 Å². The smallest absolute Gasteiger partial charge is 0.311 e. The van der Waals surface area contributed by atoms with Crippen LogP contribution in [-0.2, 0) is 4.79 Å². The van der Waals surface area contributed by atoms with Crippen molar-refractivity contribution in [1.29, 1.82) is 0 Å². The molecular formula is C11H14N2O4. The Balaban J connectivity index is 2.51. The number of esters is 1. The average Bonchev–Trinajstić information content (AvgIpc) is 2.27. The molecule has 17 heavy (non-hydrogen) atoms. The molecule has 1 aromatic rings. The molecule has 1 atom stereocenters. The molecule has 1 rings (SSSR count). The van der Waals surface area contributed by atoms with Crippen molar-refractivity contribution in [2.24, 2.45) is 5.73 Å². The maximum Gasteiger partial charge on any atom is 0.311 e. The first-order chi connectivity index (χ1) is 7.99. The van der Waals surface area contributed by atoms with E-state index in [4.69, 9.17) is 10.5 Å². The third-order valence-corrected chi connectivity index (χ3v) is 2.08. The molecule has 0 radical (unpaired) electrons. The highest BCUT2D eigenvalue weighted by atomic mass is 16.6. The van der Waals surface area contributed by atoms with E-state index in [1.54, 1.807) is 6.92 Å². The van der Waals surface area contributed by atoms with Crippen molar-refractivity contribution in [1.82, 2.24) is 0 Å². The van der Waals surface area contributed by atoms with Crippen LogP contribution in [0, 0.1) is 10.1 Å². The fourth-order valence-corrected chi connectivity index (χ4v) is 1.16. The Morgan fingerprint density at radius 1 is 1.47 bits per heavy atom. The lowest BCUT2D eigenvalue weighted by Gasteiger charge is -2.05. The Morgan fingerprint density at radius 3 is 2.53 bits per heavy atom. The molecule has 0 saturated heterocycles. The number of nitro benzene ring substituents is 1. The number of carbonyl (C=O) groups excluding carboxylic acids is 1. The highest BCUT2D eigenvalue weighted by Crippen LogP contribution is 2.17. The molecule has 0 aliphatic carbocycles. The van der Waals surface area contributed by atoms with Crippen molar-refractivity contribution < 1.29 is 14.5 Å². The van der Waals surface area contributed by atoms with Gasteiger partial charge in [-0.25, -0.2) is 0 Å². The summed E-state index contributed by atoms with van der Waals surface area (Å²) in [4.78, 5) is 21.2. The summed E-state index contributed by atoms with van der Waals surface area (Å²) in [5.74, 6) is -0.0959. The van der Waals surface area contributed by atoms with Crippen LogP contribution in [0.5, 0.6) is 5.75 Å². The van der Waals surface area contributed by atoms with E-state index < -0.39 is 10.9 Å². The molecule has 0 heterocycles. The van der Waals surface area contributed by atoms with Crippen LogP contribution >= 0.6 is 0 Å². The van der Waals surface area contributed by atoms with Gasteiger partial charge in [0.1, 0.15) is 5.75 Å². The molecule has 0 amide bonds. The van der Waals surface area contributed by atoms with Gasteiger partial charge in [0.05, 0.1) is 4.92 Å². The SMILES string of the molecule is CC(N)CCC(=O)Oc1ccc([N+](=O)[O-])cc1. The van der Waals surface area contributed by atoms with E-state index in [1.807, 2.05) is 0 Å². The highest BCUT2D eigenvalue weighted by Gasteiger charge is 2.08. The van der Waals surface area contributed by atoms with Crippen molar-refractivity contribution in [3.05, 3.63) is 34.4 Å². The number of hydrogen-bond donors (Lipinski definition) is 1. The average molecular weight is 238 g/mol. The second-order valence-corrected chi connectivity index (χ2v) is 3.74. The predicted octanol–water partition coefficient (Wildman–Crippen LogP) is 1.63. The first-order valence-corrected chi connectivity index (χ1v) is 5.19. The van der Waals surface area contributed by atoms with Crippen molar-refractivity contribution in [3.8, 4) is 5.75 Å². The van der Waals surface area contributed by atoms with E-state index >= 15 is 0 Å². The van der Waals surface area contributed by atoms with Crippen LogP contribution in [0.1, 0.15) is 19.8 Å². The number of nitrogens with zero attached hydrogens (tertiary/aromatic N) is 1. The van der Waals surface area contributed by atoms with Crippen LogP contribution in [0.4, 0.5) is 5.69 Å². The van der Waals surface area contributed by atoms with Crippen LogP contribution in [0.3, 0.4) is 0 Å². The Labute approximate surface area is 98.5 Å². The number of benzene rings is 1. The molecular weight excluding hydrogens is 224 g/mol. The molecule has 0 aliphatic rings. The fraction of sp³-hybridized carbons (Fsp3) is 0.364. The Morgan fingerprint density at radius 2 is 2.06 bits per heavy atom. The van der Waals surface area contributed by atoms with Crippen molar-refractivity contribution in [2.75, 3.05) is 0 Å². The number of nitro groups is 1. The maximum absolute atomic E-state index is 11.3. The molecule has 1 aromatic carbocycles. The van der Waals surface area contributed by atoms with E-state index in [0.717, 1.165) is 0 Å². The third kappa shape index (κ3) is 4.60. The Hall–Kier alpha value is -1.95. The monoisotopic (exact) mass is 238 g/mol. The minimum Gasteiger partial charge on any atom is -0.427 e. The van der Waals surface area contributed by atoms with Gasteiger partial charge in [0, 0.05) is 24.6 Å². The molecule has 0 aromatic heterocycles. The largest absolute Gasteiger partial charge is 0.427 e. The molecule has 6 heteroatoms. The van der Waals surface area contributed by atoms with Gasteiger partial charge in [0.2, 0.25) is 0 Å². The molecule has 2 N–H and O–H groups in total. The number of nitrogens with two attached hydrogens (primary N) is 1. The van der Waals surface area contributed by atoms with Crippen LogP contribution in [0.15, 0.2) is 24.3 Å². The topological polar surface area (TPSA) is 95.5 Å². The molecule has 0 saturated carbocycles. The van der Waals surface area contributed by atoms with E-state index in [0.29, 0.717) is 12.2 Å². The highest BCUT2D eigenvalue weighted by molar-refractivity contribution is 5.72. The summed E-state index contributed by atoms with van der Waals surface area (Å²) in [7, 11) is 0. The summed E-state index contributed by atoms with van der Waals surface area (Å²) in [6.07, 6.45) is 0.778. The normalized spacial score (nSPS) is 11.9. The number of hydrogen-bond acceptors (Lipinski definition) is 5. The molecule has 0 aliphatic heterocycles. The van der Waals surface area contributed by atoms with E-state index in [2.05, 4.69) is 0 Å². The maximum atomic E-state index is 11.3. The van der Waals surface area contributed by atoms with Crippen LogP contribution in [0.25, 0.3) is 0 Å². The second-order valence-electron chi connectivity index (χ2n) is 3.74. The van der Waals surface area contributed by atoms with Gasteiger partial charge >= 0.3 is 5.97 Å². The van der Waals surface area contributed by atoms with Gasteiger partial charge in [-0.1, -0.05) is 0 Å². The Bertz CT molecular complexity index is 400. The van der Waals surface area contributed by atoms with Gasteiger partial charge in [-0.15, -0.1) is 0 Å². The van der Waals surface area contributed by atoms with Gasteiger partial charge in [0.25, 0.3) is 5.69 Å². The molecule has 0 fully saturated rings. The molecule has 1 unspecified atom stereocenters. The zero-order valence-corrected chi connectivity index (χ0v) is 9.46. The van der Waals surface area contributed by atoms with Gasteiger partial charge < -0.3 is 10.5 Å². The summed E-state index contributed by atoms with van der Waals surface area (Å²) in [6.45, 7) is 1.80. The minimum atomic E-state index is -0.512.